The number of carbonyl (C=O) groups is 2. The number of nitrogens with zero attached hydrogens (tertiary/aromatic N) is 1. The highest BCUT2D eigenvalue weighted by Gasteiger charge is 2.11. The highest BCUT2D eigenvalue weighted by Crippen LogP contribution is 2.31. The first-order chi connectivity index (χ1) is 15.5. The highest BCUT2D eigenvalue weighted by molar-refractivity contribution is 8.01. The molecule has 0 aliphatic rings. The van der Waals surface area contributed by atoms with Gasteiger partial charge in [-0.25, -0.2) is 14.2 Å². The third-order valence-corrected chi connectivity index (χ3v) is 6.66. The second-order valence-electron chi connectivity index (χ2n) is 6.87. The number of thioether (sulfide) groups is 1. The summed E-state index contributed by atoms with van der Waals surface area (Å²) < 4.78 is 15.3. The van der Waals surface area contributed by atoms with Crippen LogP contribution in [0.4, 0.5) is 26.2 Å². The van der Waals surface area contributed by atoms with Gasteiger partial charge in [0, 0.05) is 11.4 Å². The Hall–Kier alpha value is -3.43. The van der Waals surface area contributed by atoms with Crippen molar-refractivity contribution in [3.63, 3.8) is 0 Å². The van der Waals surface area contributed by atoms with E-state index >= 15 is 0 Å². The number of carbonyl (C=O) groups excluding carboxylic acids is 2. The molecule has 1 heterocycles. The predicted octanol–water partition coefficient (Wildman–Crippen LogP) is 6.12. The Balaban J connectivity index is 1.36. The van der Waals surface area contributed by atoms with Gasteiger partial charge in [0.15, 0.2) is 4.34 Å². The molecular formula is C23H19FN4O2S2. The van der Waals surface area contributed by atoms with Gasteiger partial charge in [-0.05, 0) is 48.9 Å². The van der Waals surface area contributed by atoms with Crippen LogP contribution in [0.1, 0.15) is 5.56 Å². The van der Waals surface area contributed by atoms with E-state index in [0.29, 0.717) is 10.0 Å². The van der Waals surface area contributed by atoms with Crippen LogP contribution in [0, 0.1) is 12.7 Å². The minimum atomic E-state index is -0.475. The summed E-state index contributed by atoms with van der Waals surface area (Å²) in [5.74, 6) is -0.676. The van der Waals surface area contributed by atoms with E-state index in [9.17, 15) is 14.0 Å². The first-order valence-electron chi connectivity index (χ1n) is 9.69. The smallest absolute Gasteiger partial charge is 0.323 e. The molecule has 3 aromatic carbocycles. The number of para-hydroxylation sites is 2. The van der Waals surface area contributed by atoms with Gasteiger partial charge in [0.2, 0.25) is 5.91 Å². The number of aryl methyl sites for hydroxylation is 1. The number of urea groups is 1. The summed E-state index contributed by atoms with van der Waals surface area (Å²) in [4.78, 5) is 29.0. The van der Waals surface area contributed by atoms with Gasteiger partial charge in [0.05, 0.1) is 21.7 Å². The first kappa shape index (κ1) is 21.8. The lowest BCUT2D eigenvalue weighted by atomic mass is 10.2. The molecular weight excluding hydrogens is 447 g/mol. The maximum Gasteiger partial charge on any atom is 0.323 e. The fourth-order valence-electron chi connectivity index (χ4n) is 2.92. The molecule has 3 amide bonds. The average molecular weight is 467 g/mol. The molecule has 162 valence electrons. The van der Waals surface area contributed by atoms with Crippen LogP contribution in [0.25, 0.3) is 10.2 Å². The number of hydrogen-bond acceptors (Lipinski definition) is 5. The molecule has 0 radical (unpaired) electrons. The van der Waals surface area contributed by atoms with E-state index in [1.807, 2.05) is 43.3 Å². The number of anilines is 3. The zero-order chi connectivity index (χ0) is 22.5. The molecule has 0 saturated carbocycles. The summed E-state index contributed by atoms with van der Waals surface area (Å²) in [6, 6.07) is 18.7. The molecule has 4 rings (SSSR count). The predicted molar refractivity (Wildman–Crippen MR) is 129 cm³/mol. The number of benzene rings is 3. The third kappa shape index (κ3) is 5.43. The van der Waals surface area contributed by atoms with Crippen molar-refractivity contribution >= 4 is 62.3 Å². The quantitative estimate of drug-likeness (QED) is 0.299. The lowest BCUT2D eigenvalue weighted by Crippen LogP contribution is -2.19. The summed E-state index contributed by atoms with van der Waals surface area (Å²) in [5, 5.41) is 8.21. The van der Waals surface area contributed by atoms with Crippen LogP contribution in [0.5, 0.6) is 0 Å². The Kier molecular flexibility index (Phi) is 6.67. The van der Waals surface area contributed by atoms with Gasteiger partial charge in [-0.2, -0.15) is 0 Å². The van der Waals surface area contributed by atoms with Crippen LogP contribution < -0.4 is 16.0 Å². The summed E-state index contributed by atoms with van der Waals surface area (Å²) in [7, 11) is 0. The zero-order valence-corrected chi connectivity index (χ0v) is 18.6. The Morgan fingerprint density at radius 1 is 0.969 bits per heavy atom. The molecule has 3 N–H and O–H groups in total. The normalized spacial score (nSPS) is 10.7. The fraction of sp³-hybridized carbons (Fsp3) is 0.0870. The molecule has 0 spiro atoms. The van der Waals surface area contributed by atoms with Crippen LogP contribution in [-0.4, -0.2) is 22.7 Å². The standard InChI is InChI=1S/C23H19FN4O2S2/c1-14-6-2-4-8-17(14)27-22(30)25-15-10-11-19-20(12-15)32-23(28-19)31-13-21(29)26-18-9-5-3-7-16(18)24/h2-12H,13H2,1H3,(H,26,29)(H2,25,27,30). The van der Waals surface area contributed by atoms with Crippen molar-refractivity contribution in [1.29, 1.82) is 0 Å². The summed E-state index contributed by atoms with van der Waals surface area (Å²) in [6.07, 6.45) is 0. The Bertz CT molecular complexity index is 1290. The van der Waals surface area contributed by atoms with Crippen molar-refractivity contribution in [2.24, 2.45) is 0 Å². The van der Waals surface area contributed by atoms with Crippen LogP contribution >= 0.6 is 23.1 Å². The second-order valence-corrected chi connectivity index (χ2v) is 9.13. The molecule has 32 heavy (non-hydrogen) atoms. The van der Waals surface area contributed by atoms with E-state index in [1.54, 1.807) is 18.2 Å². The summed E-state index contributed by atoms with van der Waals surface area (Å²) in [6.45, 7) is 1.93. The van der Waals surface area contributed by atoms with E-state index in [4.69, 9.17) is 0 Å². The largest absolute Gasteiger partial charge is 0.323 e. The second kappa shape index (κ2) is 9.80. The third-order valence-electron chi connectivity index (χ3n) is 4.49. The van der Waals surface area contributed by atoms with E-state index in [-0.39, 0.29) is 23.4 Å². The van der Waals surface area contributed by atoms with Crippen molar-refractivity contribution < 1.29 is 14.0 Å². The van der Waals surface area contributed by atoms with Crippen LogP contribution in [0.3, 0.4) is 0 Å². The maximum absolute atomic E-state index is 13.7. The number of fused-ring (bicyclic) bond motifs is 1. The van der Waals surface area contributed by atoms with Crippen molar-refractivity contribution in [2.45, 2.75) is 11.3 Å². The molecule has 0 bridgehead atoms. The monoisotopic (exact) mass is 466 g/mol. The van der Waals surface area contributed by atoms with Crippen molar-refractivity contribution in [3.05, 3.63) is 78.1 Å². The van der Waals surface area contributed by atoms with Gasteiger partial charge >= 0.3 is 6.03 Å². The van der Waals surface area contributed by atoms with Gasteiger partial charge in [0.25, 0.3) is 0 Å². The Morgan fingerprint density at radius 3 is 2.50 bits per heavy atom. The number of aromatic nitrogens is 1. The van der Waals surface area contributed by atoms with Gasteiger partial charge in [0.1, 0.15) is 5.82 Å². The fourth-order valence-corrected chi connectivity index (χ4v) is 4.82. The number of amides is 3. The van der Waals surface area contributed by atoms with E-state index in [2.05, 4.69) is 20.9 Å². The van der Waals surface area contributed by atoms with Crippen molar-refractivity contribution in [3.8, 4) is 0 Å². The minimum Gasteiger partial charge on any atom is -0.323 e. The number of nitrogens with one attached hydrogen (secondary N) is 3. The van der Waals surface area contributed by atoms with Crippen molar-refractivity contribution in [1.82, 2.24) is 4.98 Å². The molecule has 9 heteroatoms. The molecule has 1 aromatic heterocycles. The maximum atomic E-state index is 13.7. The minimum absolute atomic E-state index is 0.109. The highest BCUT2D eigenvalue weighted by atomic mass is 32.2. The molecule has 0 aliphatic heterocycles. The topological polar surface area (TPSA) is 83.1 Å². The average Bonchev–Trinajstić information content (AvgIpc) is 3.18. The van der Waals surface area contributed by atoms with Gasteiger partial charge in [-0.3, -0.25) is 4.79 Å². The van der Waals surface area contributed by atoms with E-state index < -0.39 is 5.82 Å². The summed E-state index contributed by atoms with van der Waals surface area (Å²) in [5.41, 5.74) is 3.29. The van der Waals surface area contributed by atoms with Gasteiger partial charge in [-0.1, -0.05) is 42.1 Å². The lowest BCUT2D eigenvalue weighted by Gasteiger charge is -2.09. The van der Waals surface area contributed by atoms with Gasteiger partial charge < -0.3 is 16.0 Å². The molecule has 0 aliphatic carbocycles. The van der Waals surface area contributed by atoms with Crippen molar-refractivity contribution in [2.75, 3.05) is 21.7 Å². The van der Waals surface area contributed by atoms with Gasteiger partial charge in [-0.15, -0.1) is 11.3 Å². The Labute approximate surface area is 192 Å². The van der Waals surface area contributed by atoms with Crippen LogP contribution in [0.2, 0.25) is 0 Å². The number of hydrogen-bond donors (Lipinski definition) is 3. The van der Waals surface area contributed by atoms with E-state index in [1.165, 1.54) is 35.2 Å². The number of rotatable bonds is 6. The number of halogens is 1. The molecule has 0 atom stereocenters. The Morgan fingerprint density at radius 2 is 1.72 bits per heavy atom. The first-order valence-corrected chi connectivity index (χ1v) is 11.5. The SMILES string of the molecule is Cc1ccccc1NC(=O)Nc1ccc2nc(SCC(=O)Nc3ccccc3F)sc2c1. The van der Waals surface area contributed by atoms with Crippen LogP contribution in [0.15, 0.2) is 71.1 Å². The molecule has 4 aromatic rings. The molecule has 0 saturated heterocycles. The van der Waals surface area contributed by atoms with Crippen LogP contribution in [-0.2, 0) is 4.79 Å². The summed E-state index contributed by atoms with van der Waals surface area (Å²) >= 11 is 2.70. The zero-order valence-electron chi connectivity index (χ0n) is 17.0. The molecule has 0 fully saturated rings. The van der Waals surface area contributed by atoms with E-state index in [0.717, 1.165) is 21.5 Å². The lowest BCUT2D eigenvalue weighted by molar-refractivity contribution is -0.113. The molecule has 6 nitrogen and oxygen atoms in total. The molecule has 0 unspecified atom stereocenters. The number of thiazole rings is 1.